The van der Waals surface area contributed by atoms with Crippen molar-refractivity contribution in [3.8, 4) is 0 Å². The lowest BCUT2D eigenvalue weighted by molar-refractivity contribution is -0.126. The van der Waals surface area contributed by atoms with E-state index in [1.807, 2.05) is 36.4 Å². The van der Waals surface area contributed by atoms with Crippen LogP contribution < -0.4 is 5.32 Å². The highest BCUT2D eigenvalue weighted by Crippen LogP contribution is 2.26. The number of piperidine rings is 1. The quantitative estimate of drug-likeness (QED) is 0.623. The number of hydrogen-bond acceptors (Lipinski definition) is 3. The first kappa shape index (κ1) is 21.5. The largest absolute Gasteiger partial charge is 0.387 e. The molecule has 31 heavy (non-hydrogen) atoms. The second kappa shape index (κ2) is 9.58. The van der Waals surface area contributed by atoms with Crippen molar-refractivity contribution in [2.75, 3.05) is 19.6 Å². The van der Waals surface area contributed by atoms with Gasteiger partial charge in [0, 0.05) is 19.0 Å². The van der Waals surface area contributed by atoms with Crippen molar-refractivity contribution in [3.63, 3.8) is 0 Å². The third kappa shape index (κ3) is 5.12. The molecule has 1 aliphatic heterocycles. The minimum absolute atomic E-state index is 0.0234. The lowest BCUT2D eigenvalue weighted by Crippen LogP contribution is -2.41. The number of β-amino-alcohol motifs (C(OH)–C–C–N with tert-alkyl or cyclic N) is 1. The molecule has 0 spiro atoms. The molecule has 0 aromatic heterocycles. The van der Waals surface area contributed by atoms with Gasteiger partial charge in [0.15, 0.2) is 0 Å². The van der Waals surface area contributed by atoms with Crippen LogP contribution in [0.25, 0.3) is 10.8 Å². The van der Waals surface area contributed by atoms with Crippen LogP contribution in [0.15, 0.2) is 60.7 Å². The Bertz CT molecular complexity index is 1050. The first-order chi connectivity index (χ1) is 15.0. The maximum atomic E-state index is 13.7. The van der Waals surface area contributed by atoms with Gasteiger partial charge in [0.2, 0.25) is 5.91 Å². The third-order valence-electron chi connectivity index (χ3n) is 6.27. The number of aryl methyl sites for hydroxylation is 1. The van der Waals surface area contributed by atoms with Gasteiger partial charge in [-0.3, -0.25) is 4.79 Å². The summed E-state index contributed by atoms with van der Waals surface area (Å²) in [6, 6.07) is 19.2. The molecule has 3 aromatic rings. The van der Waals surface area contributed by atoms with E-state index in [2.05, 4.69) is 22.3 Å². The zero-order valence-corrected chi connectivity index (χ0v) is 17.9. The van der Waals surface area contributed by atoms with E-state index in [0.29, 0.717) is 18.7 Å². The number of likely N-dealkylation sites (tertiary alicyclic amines) is 1. The van der Waals surface area contributed by atoms with Crippen LogP contribution in [-0.4, -0.2) is 35.5 Å². The van der Waals surface area contributed by atoms with Crippen LogP contribution in [0.5, 0.6) is 0 Å². The van der Waals surface area contributed by atoms with Gasteiger partial charge in [-0.15, -0.1) is 0 Å². The lowest BCUT2D eigenvalue weighted by atomic mass is 9.94. The van der Waals surface area contributed by atoms with E-state index >= 15 is 0 Å². The molecule has 0 saturated carbocycles. The summed E-state index contributed by atoms with van der Waals surface area (Å²) in [5.74, 6) is -0.263. The number of rotatable bonds is 6. The molecule has 4 rings (SSSR count). The Labute approximate surface area is 182 Å². The molecule has 1 atom stereocenters. The van der Waals surface area contributed by atoms with Crippen LogP contribution in [0.1, 0.15) is 35.6 Å². The highest BCUT2D eigenvalue weighted by atomic mass is 19.1. The average Bonchev–Trinajstić information content (AvgIpc) is 2.79. The zero-order chi connectivity index (χ0) is 21.8. The monoisotopic (exact) mass is 420 g/mol. The molecule has 162 valence electrons. The van der Waals surface area contributed by atoms with Crippen LogP contribution in [0.2, 0.25) is 0 Å². The van der Waals surface area contributed by atoms with Crippen molar-refractivity contribution < 1.29 is 14.3 Å². The summed E-state index contributed by atoms with van der Waals surface area (Å²) in [7, 11) is 0. The molecule has 1 amide bonds. The van der Waals surface area contributed by atoms with Gasteiger partial charge in [-0.05, 0) is 66.4 Å². The van der Waals surface area contributed by atoms with Crippen molar-refractivity contribution in [2.24, 2.45) is 5.92 Å². The molecule has 3 aromatic carbocycles. The van der Waals surface area contributed by atoms with Crippen LogP contribution in [0.4, 0.5) is 4.39 Å². The topological polar surface area (TPSA) is 52.6 Å². The summed E-state index contributed by atoms with van der Waals surface area (Å²) in [4.78, 5) is 14.8. The second-order valence-corrected chi connectivity index (χ2v) is 8.46. The molecule has 1 saturated heterocycles. The van der Waals surface area contributed by atoms with E-state index in [0.717, 1.165) is 47.8 Å². The fraction of sp³-hybridized carbons (Fsp3) is 0.346. The van der Waals surface area contributed by atoms with Gasteiger partial charge in [0.05, 0.1) is 6.10 Å². The number of aliphatic hydroxyl groups is 1. The fourth-order valence-electron chi connectivity index (χ4n) is 4.34. The smallest absolute Gasteiger partial charge is 0.223 e. The van der Waals surface area contributed by atoms with Gasteiger partial charge in [0.1, 0.15) is 5.82 Å². The number of halogens is 1. The molecule has 1 heterocycles. The molecular weight excluding hydrogens is 391 g/mol. The van der Waals surface area contributed by atoms with Crippen molar-refractivity contribution in [1.82, 2.24) is 10.2 Å². The van der Waals surface area contributed by atoms with Gasteiger partial charge >= 0.3 is 0 Å². The number of nitrogens with zero attached hydrogens (tertiary/aromatic N) is 1. The number of carbonyl (C=O) groups excluding carboxylic acids is 1. The number of amides is 1. The summed E-state index contributed by atoms with van der Waals surface area (Å²) >= 11 is 0. The number of benzene rings is 3. The lowest BCUT2D eigenvalue weighted by Gasteiger charge is -2.32. The number of hydrogen-bond donors (Lipinski definition) is 2. The molecule has 1 aliphatic rings. The number of carbonyl (C=O) groups is 1. The summed E-state index contributed by atoms with van der Waals surface area (Å²) in [5, 5.41) is 16.0. The van der Waals surface area contributed by atoms with Crippen LogP contribution in [-0.2, 0) is 11.3 Å². The Kier molecular flexibility index (Phi) is 6.64. The van der Waals surface area contributed by atoms with Crippen molar-refractivity contribution in [3.05, 3.63) is 83.2 Å². The van der Waals surface area contributed by atoms with E-state index in [-0.39, 0.29) is 17.6 Å². The number of nitrogens with one attached hydrogen (secondary N) is 1. The minimum Gasteiger partial charge on any atom is -0.387 e. The van der Waals surface area contributed by atoms with Gasteiger partial charge in [-0.1, -0.05) is 54.6 Å². The molecule has 5 heteroatoms. The maximum Gasteiger partial charge on any atom is 0.223 e. The summed E-state index contributed by atoms with van der Waals surface area (Å²) in [5.41, 5.74) is 2.32. The molecule has 0 radical (unpaired) electrons. The predicted octanol–water partition coefficient (Wildman–Crippen LogP) is 4.35. The normalized spacial score (nSPS) is 16.4. The molecule has 0 unspecified atom stereocenters. The van der Waals surface area contributed by atoms with E-state index < -0.39 is 6.10 Å². The first-order valence-electron chi connectivity index (χ1n) is 10.9. The number of fused-ring (bicyclic) bond motifs is 1. The second-order valence-electron chi connectivity index (χ2n) is 8.46. The van der Waals surface area contributed by atoms with Gasteiger partial charge < -0.3 is 15.3 Å². The summed E-state index contributed by atoms with van der Waals surface area (Å²) in [6.07, 6.45) is 0.958. The van der Waals surface area contributed by atoms with Gasteiger partial charge in [-0.25, -0.2) is 4.39 Å². The minimum atomic E-state index is -0.562. The Morgan fingerprint density at radius 3 is 2.65 bits per heavy atom. The summed E-state index contributed by atoms with van der Waals surface area (Å²) in [6.45, 7) is 4.18. The molecule has 0 aliphatic carbocycles. The first-order valence-corrected chi connectivity index (χ1v) is 10.9. The Hall–Kier alpha value is -2.76. The Morgan fingerprint density at radius 2 is 1.87 bits per heavy atom. The zero-order valence-electron chi connectivity index (χ0n) is 17.9. The van der Waals surface area contributed by atoms with E-state index in [1.165, 1.54) is 6.07 Å². The fourth-order valence-corrected chi connectivity index (χ4v) is 4.34. The van der Waals surface area contributed by atoms with Crippen molar-refractivity contribution >= 4 is 16.7 Å². The highest BCUT2D eigenvalue weighted by molar-refractivity contribution is 5.86. The highest BCUT2D eigenvalue weighted by Gasteiger charge is 2.26. The van der Waals surface area contributed by atoms with Crippen molar-refractivity contribution in [1.29, 1.82) is 0 Å². The predicted molar refractivity (Wildman–Crippen MR) is 121 cm³/mol. The van der Waals surface area contributed by atoms with Crippen LogP contribution >= 0.6 is 0 Å². The van der Waals surface area contributed by atoms with Gasteiger partial charge in [-0.2, -0.15) is 0 Å². The van der Waals surface area contributed by atoms with Crippen LogP contribution in [0.3, 0.4) is 0 Å². The average molecular weight is 421 g/mol. The number of aliphatic hydroxyl groups excluding tert-OH is 1. The maximum absolute atomic E-state index is 13.7. The summed E-state index contributed by atoms with van der Waals surface area (Å²) < 4.78 is 13.7. The van der Waals surface area contributed by atoms with Crippen molar-refractivity contribution in [2.45, 2.75) is 32.4 Å². The molecule has 2 N–H and O–H groups in total. The molecular formula is C26H29FN2O2. The standard InChI is InChI=1S/C26H29FN2O2/c1-18-9-10-19(15-24(18)27)16-28-26(31)21-11-13-29(14-12-21)17-25(30)23-8-4-6-20-5-2-3-7-22(20)23/h2-10,15,21,25,30H,11-14,16-17H2,1H3,(H,28,31)/t25-/m0/s1. The molecule has 1 fully saturated rings. The Morgan fingerprint density at radius 1 is 1.13 bits per heavy atom. The van der Waals surface area contributed by atoms with Gasteiger partial charge in [0.25, 0.3) is 0 Å². The molecule has 0 bridgehead atoms. The van der Waals surface area contributed by atoms with E-state index in [9.17, 15) is 14.3 Å². The van der Waals surface area contributed by atoms with E-state index in [1.54, 1.807) is 13.0 Å². The van der Waals surface area contributed by atoms with E-state index in [4.69, 9.17) is 0 Å². The SMILES string of the molecule is Cc1ccc(CNC(=O)C2CCN(C[C@H](O)c3cccc4ccccc34)CC2)cc1F. The van der Waals surface area contributed by atoms with Crippen LogP contribution in [0, 0.1) is 18.7 Å². The molecule has 4 nitrogen and oxygen atoms in total. The third-order valence-corrected chi connectivity index (χ3v) is 6.27. The Balaban J connectivity index is 1.28.